The number of methoxy groups -OCH3 is 1. The maximum absolute atomic E-state index is 10.6. The summed E-state index contributed by atoms with van der Waals surface area (Å²) in [5, 5.41) is 0. The molecule has 0 heterocycles. The zero-order valence-electron chi connectivity index (χ0n) is 10.0. The van der Waals surface area contributed by atoms with Crippen LogP contribution in [0.15, 0.2) is 24.3 Å². The number of carbonyl (C=O) groups is 1. The van der Waals surface area contributed by atoms with Gasteiger partial charge in [-0.3, -0.25) is 4.79 Å². The van der Waals surface area contributed by atoms with Gasteiger partial charge < -0.3 is 9.47 Å². The summed E-state index contributed by atoms with van der Waals surface area (Å²) in [4.78, 5) is 10.6. The Morgan fingerprint density at radius 2 is 1.94 bits per heavy atom. The number of hydrogen-bond donors (Lipinski definition) is 0. The number of carbonyl (C=O) groups excluding carboxylic acids is 1. The Kier molecular flexibility index (Phi) is 4.83. The summed E-state index contributed by atoms with van der Waals surface area (Å²) in [7, 11) is 1.65. The van der Waals surface area contributed by atoms with Crippen LogP contribution in [0.4, 0.5) is 0 Å². The lowest BCUT2D eigenvalue weighted by molar-refractivity contribution is -0.142. The zero-order valence-corrected chi connectivity index (χ0v) is 10.0. The van der Waals surface area contributed by atoms with Crippen LogP contribution in [0.25, 0.3) is 0 Å². The highest BCUT2D eigenvalue weighted by Crippen LogP contribution is 2.14. The molecule has 0 amide bonds. The van der Waals surface area contributed by atoms with Gasteiger partial charge in [-0.25, -0.2) is 0 Å². The van der Waals surface area contributed by atoms with Gasteiger partial charge in [-0.15, -0.1) is 0 Å². The van der Waals surface area contributed by atoms with Crippen molar-refractivity contribution in [1.29, 1.82) is 0 Å². The van der Waals surface area contributed by atoms with Crippen LogP contribution in [0.1, 0.15) is 19.4 Å². The van der Waals surface area contributed by atoms with Crippen LogP contribution in [-0.4, -0.2) is 19.7 Å². The Morgan fingerprint density at radius 1 is 1.31 bits per heavy atom. The van der Waals surface area contributed by atoms with E-state index in [4.69, 9.17) is 9.47 Å². The molecule has 0 aromatic heterocycles. The summed E-state index contributed by atoms with van der Waals surface area (Å²) >= 11 is 0. The van der Waals surface area contributed by atoms with Gasteiger partial charge in [0.15, 0.2) is 0 Å². The minimum atomic E-state index is -0.221. The Bertz CT molecular complexity index is 330. The second-order valence-corrected chi connectivity index (χ2v) is 3.96. The van der Waals surface area contributed by atoms with E-state index in [9.17, 15) is 4.79 Å². The van der Waals surface area contributed by atoms with Gasteiger partial charge in [0.25, 0.3) is 0 Å². The predicted octanol–water partition coefficient (Wildman–Crippen LogP) is 2.44. The van der Waals surface area contributed by atoms with Gasteiger partial charge in [0.05, 0.1) is 13.7 Å². The fraction of sp³-hybridized carbons (Fsp3) is 0.462. The highest BCUT2D eigenvalue weighted by Gasteiger charge is 2.05. The molecule has 0 radical (unpaired) electrons. The number of benzene rings is 1. The van der Waals surface area contributed by atoms with Crippen LogP contribution >= 0.6 is 0 Å². The van der Waals surface area contributed by atoms with E-state index in [1.807, 2.05) is 24.3 Å². The number of rotatable bonds is 5. The quantitative estimate of drug-likeness (QED) is 0.718. The van der Waals surface area contributed by atoms with Crippen LogP contribution in [0.2, 0.25) is 0 Å². The van der Waals surface area contributed by atoms with Crippen LogP contribution in [0, 0.1) is 5.92 Å². The maximum atomic E-state index is 10.6. The molecule has 0 aliphatic carbocycles. The third-order valence-corrected chi connectivity index (χ3v) is 2.31. The van der Waals surface area contributed by atoms with Crippen molar-refractivity contribution in [1.82, 2.24) is 0 Å². The lowest BCUT2D eigenvalue weighted by atomic mass is 10.0. The molecule has 0 saturated heterocycles. The molecular weight excluding hydrogens is 204 g/mol. The fourth-order valence-electron chi connectivity index (χ4n) is 1.48. The first kappa shape index (κ1) is 12.6. The number of esters is 1. The van der Waals surface area contributed by atoms with Gasteiger partial charge in [0.1, 0.15) is 5.75 Å². The first-order chi connectivity index (χ1) is 7.61. The van der Waals surface area contributed by atoms with Crippen LogP contribution in [0.3, 0.4) is 0 Å². The van der Waals surface area contributed by atoms with Crippen molar-refractivity contribution in [3.05, 3.63) is 29.8 Å². The van der Waals surface area contributed by atoms with E-state index in [1.165, 1.54) is 12.5 Å². The molecule has 3 heteroatoms. The second-order valence-electron chi connectivity index (χ2n) is 3.96. The Hall–Kier alpha value is -1.51. The molecule has 1 aromatic rings. The minimum Gasteiger partial charge on any atom is -0.497 e. The Morgan fingerprint density at radius 3 is 2.44 bits per heavy atom. The van der Waals surface area contributed by atoms with Crippen LogP contribution in [0.5, 0.6) is 5.75 Å². The molecule has 3 nitrogen and oxygen atoms in total. The SMILES string of the molecule is COc1ccc(C[C@H](C)COC(C)=O)cc1. The third kappa shape index (κ3) is 4.34. The summed E-state index contributed by atoms with van der Waals surface area (Å²) in [6.07, 6.45) is 0.900. The van der Waals surface area contributed by atoms with Crippen LogP contribution < -0.4 is 4.74 Å². The van der Waals surface area contributed by atoms with Gasteiger partial charge in [0.2, 0.25) is 0 Å². The molecule has 0 spiro atoms. The lowest BCUT2D eigenvalue weighted by Crippen LogP contribution is -2.11. The standard InChI is InChI=1S/C13H18O3/c1-10(9-16-11(2)14)8-12-4-6-13(15-3)7-5-12/h4-7,10H,8-9H2,1-3H3/t10-/m0/s1. The molecule has 1 aromatic carbocycles. The van der Waals surface area contributed by atoms with Crippen molar-refractivity contribution in [2.75, 3.05) is 13.7 Å². The number of hydrogen-bond acceptors (Lipinski definition) is 3. The average molecular weight is 222 g/mol. The fourth-order valence-corrected chi connectivity index (χ4v) is 1.48. The molecule has 0 fully saturated rings. The van der Waals surface area contributed by atoms with Gasteiger partial charge in [-0.1, -0.05) is 19.1 Å². The van der Waals surface area contributed by atoms with Crippen LogP contribution in [-0.2, 0) is 16.0 Å². The van der Waals surface area contributed by atoms with Crippen molar-refractivity contribution >= 4 is 5.97 Å². The summed E-state index contributed by atoms with van der Waals surface area (Å²) in [6.45, 7) is 3.97. The summed E-state index contributed by atoms with van der Waals surface area (Å²) in [6, 6.07) is 7.94. The summed E-state index contributed by atoms with van der Waals surface area (Å²) < 4.78 is 10.0. The molecule has 0 aliphatic heterocycles. The lowest BCUT2D eigenvalue weighted by Gasteiger charge is -2.11. The molecule has 1 rings (SSSR count). The third-order valence-electron chi connectivity index (χ3n) is 2.31. The molecule has 16 heavy (non-hydrogen) atoms. The molecule has 88 valence electrons. The predicted molar refractivity (Wildman–Crippen MR) is 62.5 cm³/mol. The van der Waals surface area contributed by atoms with E-state index < -0.39 is 0 Å². The highest BCUT2D eigenvalue weighted by atomic mass is 16.5. The van der Waals surface area contributed by atoms with Gasteiger partial charge >= 0.3 is 5.97 Å². The maximum Gasteiger partial charge on any atom is 0.302 e. The topological polar surface area (TPSA) is 35.5 Å². The average Bonchev–Trinajstić information content (AvgIpc) is 2.27. The Balaban J connectivity index is 2.43. The highest BCUT2D eigenvalue weighted by molar-refractivity contribution is 5.65. The first-order valence-electron chi connectivity index (χ1n) is 5.38. The van der Waals surface area contributed by atoms with E-state index in [-0.39, 0.29) is 5.97 Å². The van der Waals surface area contributed by atoms with Gasteiger partial charge in [-0.2, -0.15) is 0 Å². The molecular formula is C13H18O3. The van der Waals surface area contributed by atoms with Crippen molar-refractivity contribution < 1.29 is 14.3 Å². The van der Waals surface area contributed by atoms with Crippen molar-refractivity contribution in [3.63, 3.8) is 0 Å². The normalized spacial score (nSPS) is 11.9. The van der Waals surface area contributed by atoms with Crippen molar-refractivity contribution in [2.45, 2.75) is 20.3 Å². The van der Waals surface area contributed by atoms with E-state index in [0.717, 1.165) is 12.2 Å². The van der Waals surface area contributed by atoms with Crippen molar-refractivity contribution in [3.8, 4) is 5.75 Å². The zero-order chi connectivity index (χ0) is 12.0. The Labute approximate surface area is 96.4 Å². The van der Waals surface area contributed by atoms with E-state index in [0.29, 0.717) is 12.5 Å². The van der Waals surface area contributed by atoms with E-state index >= 15 is 0 Å². The first-order valence-corrected chi connectivity index (χ1v) is 5.38. The molecule has 0 aliphatic rings. The smallest absolute Gasteiger partial charge is 0.302 e. The minimum absolute atomic E-state index is 0.221. The second kappa shape index (κ2) is 6.16. The monoisotopic (exact) mass is 222 g/mol. The van der Waals surface area contributed by atoms with Gasteiger partial charge in [-0.05, 0) is 30.0 Å². The van der Waals surface area contributed by atoms with Crippen molar-refractivity contribution in [2.24, 2.45) is 5.92 Å². The van der Waals surface area contributed by atoms with E-state index in [2.05, 4.69) is 6.92 Å². The molecule has 0 unspecified atom stereocenters. The molecule has 0 saturated carbocycles. The molecule has 1 atom stereocenters. The summed E-state index contributed by atoms with van der Waals surface area (Å²) in [5.41, 5.74) is 1.22. The largest absolute Gasteiger partial charge is 0.497 e. The van der Waals surface area contributed by atoms with E-state index in [1.54, 1.807) is 7.11 Å². The summed E-state index contributed by atoms with van der Waals surface area (Å²) in [5.74, 6) is 0.968. The molecule has 0 N–H and O–H groups in total. The molecule has 0 bridgehead atoms. The van der Waals surface area contributed by atoms with Gasteiger partial charge in [0, 0.05) is 6.92 Å². The number of ether oxygens (including phenoxy) is 2.